The maximum atomic E-state index is 11.6. The van der Waals surface area contributed by atoms with E-state index in [1.807, 2.05) is 29.2 Å². The first-order valence-electron chi connectivity index (χ1n) is 5.18. The van der Waals surface area contributed by atoms with Gasteiger partial charge in [0.2, 0.25) is 5.91 Å². The molecule has 0 saturated carbocycles. The zero-order valence-electron chi connectivity index (χ0n) is 8.74. The molecule has 80 valence electrons. The third kappa shape index (κ3) is 2.32. The van der Waals surface area contributed by atoms with Crippen LogP contribution in [0.1, 0.15) is 18.9 Å². The van der Waals surface area contributed by atoms with Crippen molar-refractivity contribution < 1.29 is 4.79 Å². The van der Waals surface area contributed by atoms with E-state index in [0.29, 0.717) is 18.9 Å². The van der Waals surface area contributed by atoms with Crippen LogP contribution in [0.5, 0.6) is 0 Å². The van der Waals surface area contributed by atoms with Crippen LogP contribution in [0.25, 0.3) is 0 Å². The molecule has 1 aromatic carbocycles. The molecule has 1 aliphatic rings. The number of hydrogen-bond donors (Lipinski definition) is 0. The quantitative estimate of drug-likeness (QED) is 0.755. The minimum atomic E-state index is 0.238. The van der Waals surface area contributed by atoms with E-state index < -0.39 is 0 Å². The molecule has 1 atom stereocenters. The number of nitrogens with zero attached hydrogens (tertiary/aromatic N) is 1. The Morgan fingerprint density at radius 3 is 2.80 bits per heavy atom. The number of benzene rings is 1. The average Bonchev–Trinajstić information content (AvgIpc) is 2.49. The van der Waals surface area contributed by atoms with Gasteiger partial charge >= 0.3 is 0 Å². The summed E-state index contributed by atoms with van der Waals surface area (Å²) in [6.45, 7) is 3.59. The second kappa shape index (κ2) is 4.23. The first kappa shape index (κ1) is 10.5. The molecule has 0 aliphatic carbocycles. The van der Waals surface area contributed by atoms with Crippen LogP contribution in [0.15, 0.2) is 24.3 Å². The highest BCUT2D eigenvalue weighted by Gasteiger charge is 2.26. The first-order chi connectivity index (χ1) is 7.16. The topological polar surface area (TPSA) is 20.3 Å². The van der Waals surface area contributed by atoms with Gasteiger partial charge in [-0.2, -0.15) is 0 Å². The van der Waals surface area contributed by atoms with E-state index in [2.05, 4.69) is 6.92 Å². The molecule has 15 heavy (non-hydrogen) atoms. The molecule has 1 unspecified atom stereocenters. The van der Waals surface area contributed by atoms with Gasteiger partial charge in [-0.1, -0.05) is 36.7 Å². The fourth-order valence-electron chi connectivity index (χ4n) is 1.95. The molecular weight excluding hydrogens is 210 g/mol. The van der Waals surface area contributed by atoms with Crippen molar-refractivity contribution in [1.29, 1.82) is 0 Å². The molecule has 0 N–H and O–H groups in total. The molecule has 1 fully saturated rings. The predicted octanol–water partition coefficient (Wildman–Crippen LogP) is 2.71. The molecule has 1 saturated heterocycles. The van der Waals surface area contributed by atoms with Gasteiger partial charge in [0.1, 0.15) is 0 Å². The van der Waals surface area contributed by atoms with E-state index in [1.54, 1.807) is 0 Å². The third-order valence-electron chi connectivity index (χ3n) is 2.73. The minimum Gasteiger partial charge on any atom is -0.338 e. The Labute approximate surface area is 94.8 Å². The van der Waals surface area contributed by atoms with Crippen molar-refractivity contribution in [3.8, 4) is 0 Å². The van der Waals surface area contributed by atoms with Crippen LogP contribution in [0.3, 0.4) is 0 Å². The van der Waals surface area contributed by atoms with E-state index in [9.17, 15) is 4.79 Å². The molecule has 2 nitrogen and oxygen atoms in total. The maximum Gasteiger partial charge on any atom is 0.223 e. The normalized spacial score (nSPS) is 21.1. The molecule has 0 radical (unpaired) electrons. The van der Waals surface area contributed by atoms with Crippen LogP contribution < -0.4 is 0 Å². The Morgan fingerprint density at radius 1 is 1.47 bits per heavy atom. The monoisotopic (exact) mass is 223 g/mol. The Hall–Kier alpha value is -1.02. The standard InChI is InChI=1S/C12H14ClNO/c1-9-6-12(15)14(7-9)8-10-4-2-3-5-11(10)13/h2-5,9H,6-8H2,1H3. The zero-order chi connectivity index (χ0) is 10.8. The highest BCUT2D eigenvalue weighted by Crippen LogP contribution is 2.22. The summed E-state index contributed by atoms with van der Waals surface area (Å²) in [5.41, 5.74) is 1.03. The fraction of sp³-hybridized carbons (Fsp3) is 0.417. The summed E-state index contributed by atoms with van der Waals surface area (Å²) in [4.78, 5) is 13.5. The molecule has 2 rings (SSSR count). The fourth-order valence-corrected chi connectivity index (χ4v) is 2.15. The Morgan fingerprint density at radius 2 is 2.20 bits per heavy atom. The van der Waals surface area contributed by atoms with Gasteiger partial charge in [-0.25, -0.2) is 0 Å². The number of amides is 1. The lowest BCUT2D eigenvalue weighted by molar-refractivity contribution is -0.128. The predicted molar refractivity (Wildman–Crippen MR) is 60.7 cm³/mol. The van der Waals surface area contributed by atoms with Crippen molar-refractivity contribution in [2.45, 2.75) is 19.9 Å². The van der Waals surface area contributed by atoms with Gasteiger partial charge < -0.3 is 4.90 Å². The van der Waals surface area contributed by atoms with Crippen molar-refractivity contribution in [1.82, 2.24) is 4.90 Å². The summed E-state index contributed by atoms with van der Waals surface area (Å²) in [5, 5.41) is 0.741. The van der Waals surface area contributed by atoms with Gasteiger partial charge in [0, 0.05) is 24.5 Å². The lowest BCUT2D eigenvalue weighted by atomic mass is 10.2. The number of likely N-dealkylation sites (tertiary alicyclic amines) is 1. The van der Waals surface area contributed by atoms with Crippen molar-refractivity contribution in [2.24, 2.45) is 5.92 Å². The molecule has 0 spiro atoms. The highest BCUT2D eigenvalue weighted by atomic mass is 35.5. The molecule has 0 bridgehead atoms. The second-order valence-corrected chi connectivity index (χ2v) is 4.58. The third-order valence-corrected chi connectivity index (χ3v) is 3.10. The smallest absolute Gasteiger partial charge is 0.223 e. The van der Waals surface area contributed by atoms with Crippen molar-refractivity contribution >= 4 is 17.5 Å². The number of carbonyl (C=O) groups is 1. The Bertz CT molecular complexity index is 378. The summed E-state index contributed by atoms with van der Waals surface area (Å²) >= 11 is 6.05. The van der Waals surface area contributed by atoms with E-state index in [1.165, 1.54) is 0 Å². The summed E-state index contributed by atoms with van der Waals surface area (Å²) in [5.74, 6) is 0.711. The summed E-state index contributed by atoms with van der Waals surface area (Å²) in [6, 6.07) is 7.69. The van der Waals surface area contributed by atoms with Crippen LogP contribution in [-0.2, 0) is 11.3 Å². The van der Waals surface area contributed by atoms with Gasteiger partial charge in [0.15, 0.2) is 0 Å². The van der Waals surface area contributed by atoms with Crippen molar-refractivity contribution in [2.75, 3.05) is 6.54 Å². The number of halogens is 1. The second-order valence-electron chi connectivity index (χ2n) is 4.17. The highest BCUT2D eigenvalue weighted by molar-refractivity contribution is 6.31. The minimum absolute atomic E-state index is 0.238. The molecule has 1 heterocycles. The molecule has 1 amide bonds. The van der Waals surface area contributed by atoms with Crippen LogP contribution in [0, 0.1) is 5.92 Å². The van der Waals surface area contributed by atoms with Crippen molar-refractivity contribution in [3.05, 3.63) is 34.9 Å². The van der Waals surface area contributed by atoms with Gasteiger partial charge in [0.05, 0.1) is 0 Å². The van der Waals surface area contributed by atoms with Gasteiger partial charge in [-0.3, -0.25) is 4.79 Å². The number of hydrogen-bond acceptors (Lipinski definition) is 1. The SMILES string of the molecule is CC1CC(=O)N(Cc2ccccc2Cl)C1. The summed E-state index contributed by atoms with van der Waals surface area (Å²) in [6.07, 6.45) is 0.671. The lowest BCUT2D eigenvalue weighted by Gasteiger charge is -2.16. The van der Waals surface area contributed by atoms with Gasteiger partial charge in [-0.05, 0) is 17.5 Å². The maximum absolute atomic E-state index is 11.6. The average molecular weight is 224 g/mol. The number of rotatable bonds is 2. The van der Waals surface area contributed by atoms with E-state index in [4.69, 9.17) is 11.6 Å². The largest absolute Gasteiger partial charge is 0.338 e. The number of carbonyl (C=O) groups excluding carboxylic acids is 1. The first-order valence-corrected chi connectivity index (χ1v) is 5.56. The van der Waals surface area contributed by atoms with E-state index >= 15 is 0 Å². The molecule has 1 aromatic rings. The van der Waals surface area contributed by atoms with E-state index in [-0.39, 0.29) is 5.91 Å². The van der Waals surface area contributed by atoms with Crippen molar-refractivity contribution in [3.63, 3.8) is 0 Å². The zero-order valence-corrected chi connectivity index (χ0v) is 9.50. The molecule has 0 aromatic heterocycles. The molecule has 3 heteroatoms. The summed E-state index contributed by atoms with van der Waals surface area (Å²) < 4.78 is 0. The molecule has 1 aliphatic heterocycles. The van der Waals surface area contributed by atoms with Crippen LogP contribution in [-0.4, -0.2) is 17.4 Å². The van der Waals surface area contributed by atoms with Gasteiger partial charge in [0.25, 0.3) is 0 Å². The van der Waals surface area contributed by atoms with Crippen LogP contribution in [0.2, 0.25) is 5.02 Å². The molecular formula is C12H14ClNO. The Balaban J connectivity index is 2.09. The van der Waals surface area contributed by atoms with Gasteiger partial charge in [-0.15, -0.1) is 0 Å². The summed E-state index contributed by atoms with van der Waals surface area (Å²) in [7, 11) is 0. The Kier molecular flexibility index (Phi) is 2.96. The van der Waals surface area contributed by atoms with Crippen LogP contribution in [0.4, 0.5) is 0 Å². The lowest BCUT2D eigenvalue weighted by Crippen LogP contribution is -2.24. The van der Waals surface area contributed by atoms with Crippen LogP contribution >= 0.6 is 11.6 Å². The van der Waals surface area contributed by atoms with E-state index in [0.717, 1.165) is 17.1 Å².